The summed E-state index contributed by atoms with van der Waals surface area (Å²) in [6.45, 7) is 12.0. The molecule has 0 rings (SSSR count). The number of rotatable bonds is 4. The van der Waals surface area contributed by atoms with E-state index in [4.69, 9.17) is 9.16 Å². The maximum absolute atomic E-state index is 5.60. The largest absolute Gasteiger partial charge is 0.545 e. The average molecular weight is 186 g/mol. The first kappa shape index (κ1) is 11.3. The number of methoxy groups -OCH3 is 1. The number of hydrogen-bond acceptors (Lipinski definition) is 2. The quantitative estimate of drug-likeness (QED) is 0.382. The van der Waals surface area contributed by atoms with Crippen molar-refractivity contribution in [1.82, 2.24) is 0 Å². The molecule has 0 aromatic heterocycles. The van der Waals surface area contributed by atoms with Gasteiger partial charge in [0.2, 0.25) is 8.32 Å². The Morgan fingerprint density at radius 2 is 1.83 bits per heavy atom. The van der Waals surface area contributed by atoms with Gasteiger partial charge in [0.25, 0.3) is 0 Å². The molecular formula is C9H18O2Si. The summed E-state index contributed by atoms with van der Waals surface area (Å²) < 4.78 is 10.6. The summed E-state index contributed by atoms with van der Waals surface area (Å²) >= 11 is 0. The van der Waals surface area contributed by atoms with Gasteiger partial charge in [0.15, 0.2) is 0 Å². The Kier molecular flexibility index (Phi) is 4.10. The minimum Gasteiger partial charge on any atom is -0.545 e. The highest BCUT2D eigenvalue weighted by molar-refractivity contribution is 6.70. The fraction of sp³-hybridized carbons (Fsp3) is 0.556. The molecule has 0 aliphatic rings. The summed E-state index contributed by atoms with van der Waals surface area (Å²) in [7, 11) is 0.133. The van der Waals surface area contributed by atoms with Crippen molar-refractivity contribution in [3.8, 4) is 0 Å². The van der Waals surface area contributed by atoms with E-state index in [9.17, 15) is 0 Å². The van der Waals surface area contributed by atoms with Crippen LogP contribution in [-0.4, -0.2) is 15.4 Å². The molecule has 0 radical (unpaired) electrons. The predicted octanol–water partition coefficient (Wildman–Crippen LogP) is 2.90. The second-order valence-electron chi connectivity index (χ2n) is 3.64. The van der Waals surface area contributed by atoms with E-state index in [-0.39, 0.29) is 0 Å². The van der Waals surface area contributed by atoms with Crippen LogP contribution in [-0.2, 0) is 9.16 Å². The monoisotopic (exact) mass is 186 g/mol. The van der Waals surface area contributed by atoms with E-state index in [0.29, 0.717) is 5.76 Å². The van der Waals surface area contributed by atoms with Gasteiger partial charge in [-0.2, -0.15) is 0 Å². The number of allylic oxidation sites excluding steroid dienone is 2. The van der Waals surface area contributed by atoms with E-state index in [1.807, 2.05) is 6.92 Å². The van der Waals surface area contributed by atoms with Crippen LogP contribution in [0.15, 0.2) is 24.2 Å². The Balaban J connectivity index is 4.08. The van der Waals surface area contributed by atoms with Gasteiger partial charge in [-0.25, -0.2) is 0 Å². The van der Waals surface area contributed by atoms with Gasteiger partial charge in [-0.05, 0) is 26.6 Å². The van der Waals surface area contributed by atoms with Crippen LogP contribution in [0.3, 0.4) is 0 Å². The molecule has 12 heavy (non-hydrogen) atoms. The average Bonchev–Trinajstić information content (AvgIpc) is 1.82. The normalized spacial score (nSPS) is 12.6. The maximum atomic E-state index is 5.60. The molecule has 0 saturated heterocycles. The predicted molar refractivity (Wildman–Crippen MR) is 54.3 cm³/mol. The van der Waals surface area contributed by atoms with Gasteiger partial charge in [-0.1, -0.05) is 6.58 Å². The summed E-state index contributed by atoms with van der Waals surface area (Å²) in [6, 6.07) is 0. The van der Waals surface area contributed by atoms with Gasteiger partial charge in [0.05, 0.1) is 18.6 Å². The van der Waals surface area contributed by atoms with E-state index < -0.39 is 8.32 Å². The topological polar surface area (TPSA) is 18.5 Å². The minimum atomic E-state index is -1.50. The summed E-state index contributed by atoms with van der Waals surface area (Å²) in [5.74, 6) is 1.51. The summed E-state index contributed by atoms with van der Waals surface area (Å²) in [6.07, 6.45) is 1.80. The Hall–Kier alpha value is -0.703. The van der Waals surface area contributed by atoms with Crippen LogP contribution in [0.5, 0.6) is 0 Å². The lowest BCUT2D eigenvalue weighted by Crippen LogP contribution is -2.24. The zero-order valence-corrected chi connectivity index (χ0v) is 9.60. The van der Waals surface area contributed by atoms with Crippen LogP contribution >= 0.6 is 0 Å². The van der Waals surface area contributed by atoms with Crippen LogP contribution in [0.1, 0.15) is 6.92 Å². The zero-order valence-electron chi connectivity index (χ0n) is 8.60. The van der Waals surface area contributed by atoms with Crippen molar-refractivity contribution in [2.24, 2.45) is 0 Å². The van der Waals surface area contributed by atoms with Gasteiger partial charge in [0, 0.05) is 6.08 Å². The Labute approximate surface area is 76.0 Å². The number of ether oxygens (including phenoxy) is 1. The van der Waals surface area contributed by atoms with E-state index in [2.05, 4.69) is 26.2 Å². The SMILES string of the molecule is C=C(/C=C(\C)OC)O[Si](C)(C)C. The highest BCUT2D eigenvalue weighted by Gasteiger charge is 2.15. The fourth-order valence-electron chi connectivity index (χ4n) is 0.708. The van der Waals surface area contributed by atoms with Gasteiger partial charge < -0.3 is 9.16 Å². The van der Waals surface area contributed by atoms with Gasteiger partial charge >= 0.3 is 0 Å². The van der Waals surface area contributed by atoms with Gasteiger partial charge in [-0.15, -0.1) is 0 Å². The molecule has 0 unspecified atom stereocenters. The summed E-state index contributed by atoms with van der Waals surface area (Å²) in [5.41, 5.74) is 0. The molecule has 0 spiro atoms. The molecule has 0 aliphatic carbocycles. The third kappa shape index (κ3) is 6.04. The molecule has 0 aromatic rings. The lowest BCUT2D eigenvalue weighted by molar-refractivity contribution is 0.290. The lowest BCUT2D eigenvalue weighted by atomic mass is 10.4. The molecule has 0 aliphatic heterocycles. The van der Waals surface area contributed by atoms with E-state index in [1.54, 1.807) is 13.2 Å². The van der Waals surface area contributed by atoms with Crippen LogP contribution < -0.4 is 0 Å². The maximum Gasteiger partial charge on any atom is 0.242 e. The first-order valence-electron chi connectivity index (χ1n) is 3.95. The van der Waals surface area contributed by atoms with E-state index >= 15 is 0 Å². The van der Waals surface area contributed by atoms with Gasteiger partial charge in [0.1, 0.15) is 0 Å². The van der Waals surface area contributed by atoms with Crippen molar-refractivity contribution < 1.29 is 9.16 Å². The molecule has 0 fully saturated rings. The highest BCUT2D eigenvalue weighted by atomic mass is 28.4. The molecule has 0 bridgehead atoms. The second-order valence-corrected chi connectivity index (χ2v) is 8.07. The molecule has 0 heterocycles. The van der Waals surface area contributed by atoms with Crippen molar-refractivity contribution in [2.45, 2.75) is 26.6 Å². The van der Waals surface area contributed by atoms with Crippen molar-refractivity contribution in [3.63, 3.8) is 0 Å². The summed E-state index contributed by atoms with van der Waals surface area (Å²) in [5, 5.41) is 0. The van der Waals surface area contributed by atoms with E-state index in [1.165, 1.54) is 0 Å². The fourth-order valence-corrected chi connectivity index (χ4v) is 1.55. The molecular weight excluding hydrogens is 168 g/mol. The first-order valence-corrected chi connectivity index (χ1v) is 7.36. The molecule has 0 saturated carbocycles. The third-order valence-corrected chi connectivity index (χ3v) is 2.00. The molecule has 70 valence electrons. The van der Waals surface area contributed by atoms with Crippen LogP contribution in [0, 0.1) is 0 Å². The molecule has 0 N–H and O–H groups in total. The van der Waals surface area contributed by atoms with Crippen molar-refractivity contribution in [2.75, 3.05) is 7.11 Å². The van der Waals surface area contributed by atoms with Crippen molar-refractivity contribution in [1.29, 1.82) is 0 Å². The van der Waals surface area contributed by atoms with Gasteiger partial charge in [-0.3, -0.25) is 0 Å². The Morgan fingerprint density at radius 3 is 2.17 bits per heavy atom. The zero-order chi connectivity index (χ0) is 9.78. The van der Waals surface area contributed by atoms with Crippen molar-refractivity contribution in [3.05, 3.63) is 24.2 Å². The molecule has 2 nitrogen and oxygen atoms in total. The minimum absolute atomic E-state index is 0.688. The van der Waals surface area contributed by atoms with Crippen LogP contribution in [0.2, 0.25) is 19.6 Å². The van der Waals surface area contributed by atoms with Crippen LogP contribution in [0.25, 0.3) is 0 Å². The molecule has 0 atom stereocenters. The lowest BCUT2D eigenvalue weighted by Gasteiger charge is -2.19. The molecule has 3 heteroatoms. The Bertz CT molecular complexity index is 189. The standard InChI is InChI=1S/C9H18O2Si/c1-8(10-3)7-9(2)11-12(4,5)6/h7H,2H2,1,3-6H3/b8-7+. The second kappa shape index (κ2) is 4.35. The molecule has 0 aromatic carbocycles. The number of hydrogen-bond donors (Lipinski definition) is 0. The van der Waals surface area contributed by atoms with E-state index in [0.717, 1.165) is 5.76 Å². The Morgan fingerprint density at radius 1 is 1.33 bits per heavy atom. The smallest absolute Gasteiger partial charge is 0.242 e. The third-order valence-electron chi connectivity index (χ3n) is 1.12. The summed E-state index contributed by atoms with van der Waals surface area (Å²) in [4.78, 5) is 0. The van der Waals surface area contributed by atoms with Crippen molar-refractivity contribution >= 4 is 8.32 Å². The molecule has 0 amide bonds. The first-order chi connectivity index (χ1) is 5.35. The highest BCUT2D eigenvalue weighted by Crippen LogP contribution is 2.11. The van der Waals surface area contributed by atoms with Crippen LogP contribution in [0.4, 0.5) is 0 Å².